The molecule has 4 aromatic rings. The Morgan fingerprint density at radius 2 is 1.67 bits per heavy atom. The minimum atomic E-state index is -0.938. The predicted molar refractivity (Wildman–Crippen MR) is 120 cm³/mol. The Morgan fingerprint density at radius 1 is 0.933 bits per heavy atom. The van der Waals surface area contributed by atoms with E-state index in [2.05, 4.69) is 12.1 Å². The molecule has 4 heteroatoms. The Labute approximate surface area is 175 Å². The molecule has 30 heavy (non-hydrogen) atoms. The molecule has 0 radical (unpaired) electrons. The number of hydrogen-bond donors (Lipinski definition) is 1. The minimum absolute atomic E-state index is 0.260. The van der Waals surface area contributed by atoms with Crippen LogP contribution in [0, 0.1) is 6.92 Å². The first-order valence-electron chi connectivity index (χ1n) is 9.68. The second kappa shape index (κ2) is 8.62. The van der Waals surface area contributed by atoms with Crippen LogP contribution in [-0.4, -0.2) is 17.3 Å². The van der Waals surface area contributed by atoms with E-state index < -0.39 is 5.97 Å². The predicted octanol–water partition coefficient (Wildman–Crippen LogP) is 6.18. The van der Waals surface area contributed by atoms with Crippen LogP contribution < -0.4 is 4.74 Å². The molecule has 0 spiro atoms. The lowest BCUT2D eigenvalue weighted by Gasteiger charge is -2.12. The number of benzene rings is 4. The summed E-state index contributed by atoms with van der Waals surface area (Å²) in [4.78, 5) is 15.7. The molecule has 0 amide bonds. The highest BCUT2D eigenvalue weighted by Crippen LogP contribution is 2.28. The van der Waals surface area contributed by atoms with Crippen molar-refractivity contribution >= 4 is 28.6 Å². The third-order valence-electron chi connectivity index (χ3n) is 4.97. The van der Waals surface area contributed by atoms with Crippen molar-refractivity contribution in [2.75, 3.05) is 0 Å². The van der Waals surface area contributed by atoms with Gasteiger partial charge >= 0.3 is 5.97 Å². The van der Waals surface area contributed by atoms with Crippen LogP contribution in [0.5, 0.6) is 5.75 Å². The molecule has 0 bridgehead atoms. The van der Waals surface area contributed by atoms with Crippen LogP contribution in [0.1, 0.15) is 27.0 Å². The zero-order chi connectivity index (χ0) is 20.9. The fourth-order valence-electron chi connectivity index (χ4n) is 3.28. The Bertz CT molecular complexity index is 1230. The van der Waals surface area contributed by atoms with Gasteiger partial charge in [0.15, 0.2) is 0 Å². The van der Waals surface area contributed by atoms with Crippen LogP contribution in [0.4, 0.5) is 5.69 Å². The van der Waals surface area contributed by atoms with E-state index in [-0.39, 0.29) is 5.56 Å². The molecule has 0 aliphatic rings. The first kappa shape index (κ1) is 19.4. The Morgan fingerprint density at radius 3 is 2.43 bits per heavy atom. The molecule has 0 aromatic heterocycles. The Kier molecular flexibility index (Phi) is 5.57. The van der Waals surface area contributed by atoms with Crippen molar-refractivity contribution in [2.45, 2.75) is 13.5 Å². The molecule has 4 rings (SSSR count). The zero-order valence-electron chi connectivity index (χ0n) is 16.6. The lowest BCUT2D eigenvalue weighted by atomic mass is 10.0. The number of carboxylic acids is 1. The lowest BCUT2D eigenvalue weighted by molar-refractivity contribution is 0.0697. The zero-order valence-corrected chi connectivity index (χ0v) is 16.6. The quantitative estimate of drug-likeness (QED) is 0.397. The van der Waals surface area contributed by atoms with Gasteiger partial charge in [0.1, 0.15) is 12.4 Å². The van der Waals surface area contributed by atoms with Gasteiger partial charge < -0.3 is 9.84 Å². The third kappa shape index (κ3) is 4.23. The summed E-state index contributed by atoms with van der Waals surface area (Å²) >= 11 is 0. The van der Waals surface area contributed by atoms with E-state index in [1.165, 1.54) is 0 Å². The number of aromatic carboxylic acids is 1. The fraction of sp³-hybridized carbons (Fsp3) is 0.0769. The summed E-state index contributed by atoms with van der Waals surface area (Å²) in [6, 6.07) is 26.8. The van der Waals surface area contributed by atoms with Crippen molar-refractivity contribution in [3.8, 4) is 5.75 Å². The summed E-state index contributed by atoms with van der Waals surface area (Å²) in [7, 11) is 0. The van der Waals surface area contributed by atoms with Crippen molar-refractivity contribution < 1.29 is 14.6 Å². The van der Waals surface area contributed by atoms with E-state index in [0.717, 1.165) is 38.9 Å². The van der Waals surface area contributed by atoms with Crippen molar-refractivity contribution in [3.05, 3.63) is 107 Å². The molecule has 4 nitrogen and oxygen atoms in total. The molecule has 0 aliphatic carbocycles. The van der Waals surface area contributed by atoms with Crippen LogP contribution in [0.25, 0.3) is 10.8 Å². The molecule has 0 saturated heterocycles. The van der Waals surface area contributed by atoms with E-state index in [4.69, 9.17) is 14.8 Å². The normalized spacial score (nSPS) is 11.1. The van der Waals surface area contributed by atoms with Gasteiger partial charge in [-0.15, -0.1) is 0 Å². The minimum Gasteiger partial charge on any atom is -0.488 e. The van der Waals surface area contributed by atoms with Crippen molar-refractivity contribution in [3.63, 3.8) is 0 Å². The summed E-state index contributed by atoms with van der Waals surface area (Å²) in [5, 5.41) is 11.2. The van der Waals surface area contributed by atoms with E-state index in [9.17, 15) is 4.79 Å². The highest BCUT2D eigenvalue weighted by Gasteiger charge is 2.09. The number of carbonyl (C=O) groups is 1. The number of aliphatic imine (C=N–C) groups is 1. The molecule has 0 aliphatic heterocycles. The highest BCUT2D eigenvalue weighted by molar-refractivity contribution is 6.03. The molecule has 4 aromatic carbocycles. The number of aryl methyl sites for hydroxylation is 1. The second-order valence-electron chi connectivity index (χ2n) is 7.03. The van der Waals surface area contributed by atoms with Crippen LogP contribution in [-0.2, 0) is 6.61 Å². The van der Waals surface area contributed by atoms with Crippen molar-refractivity contribution in [1.82, 2.24) is 0 Å². The van der Waals surface area contributed by atoms with Gasteiger partial charge in [-0.05, 0) is 53.1 Å². The van der Waals surface area contributed by atoms with E-state index in [1.807, 2.05) is 61.7 Å². The standard InChI is InChI=1S/C26H21NO3/c1-18-6-2-5-9-24(18)27-16-23-22-8-4-3-7-20(22)14-15-25(23)30-17-19-10-12-21(13-11-19)26(28)29/h2-16H,17H2,1H3,(H,28,29). The maximum Gasteiger partial charge on any atom is 0.335 e. The third-order valence-corrected chi connectivity index (χ3v) is 4.97. The van der Waals surface area contributed by atoms with Gasteiger partial charge in [-0.2, -0.15) is 0 Å². The number of fused-ring (bicyclic) bond motifs is 1. The number of carboxylic acid groups (broad SMARTS) is 1. The smallest absolute Gasteiger partial charge is 0.335 e. The van der Waals surface area contributed by atoms with Gasteiger partial charge in [0, 0.05) is 11.8 Å². The van der Waals surface area contributed by atoms with E-state index in [0.29, 0.717) is 6.61 Å². The lowest BCUT2D eigenvalue weighted by Crippen LogP contribution is -2.01. The average Bonchev–Trinajstić information content (AvgIpc) is 2.77. The molecule has 0 heterocycles. The average molecular weight is 395 g/mol. The topological polar surface area (TPSA) is 58.9 Å². The van der Waals surface area contributed by atoms with Crippen LogP contribution >= 0.6 is 0 Å². The summed E-state index contributed by atoms with van der Waals surface area (Å²) in [6.45, 7) is 2.37. The molecule has 0 unspecified atom stereocenters. The van der Waals surface area contributed by atoms with Gasteiger partial charge in [-0.1, -0.05) is 60.7 Å². The number of ether oxygens (including phenoxy) is 1. The number of rotatable bonds is 6. The SMILES string of the molecule is Cc1ccccc1N=Cc1c(OCc2ccc(C(=O)O)cc2)ccc2ccccc12. The molecule has 0 saturated carbocycles. The first-order chi connectivity index (χ1) is 14.6. The number of para-hydroxylation sites is 1. The highest BCUT2D eigenvalue weighted by atomic mass is 16.5. The van der Waals surface area contributed by atoms with Crippen LogP contribution in [0.2, 0.25) is 0 Å². The summed E-state index contributed by atoms with van der Waals surface area (Å²) in [5.74, 6) is -0.208. The Hall–Kier alpha value is -3.92. The van der Waals surface area contributed by atoms with Gasteiger partial charge in [0.05, 0.1) is 11.3 Å². The van der Waals surface area contributed by atoms with Gasteiger partial charge in [0.25, 0.3) is 0 Å². The monoisotopic (exact) mass is 395 g/mol. The summed E-state index contributed by atoms with van der Waals surface area (Å²) in [5.41, 5.74) is 4.10. The molecule has 148 valence electrons. The summed E-state index contributed by atoms with van der Waals surface area (Å²) < 4.78 is 6.11. The summed E-state index contributed by atoms with van der Waals surface area (Å²) in [6.07, 6.45) is 1.85. The molecule has 0 atom stereocenters. The van der Waals surface area contributed by atoms with Gasteiger partial charge in [-0.25, -0.2) is 4.79 Å². The molecule has 0 fully saturated rings. The first-order valence-corrected chi connectivity index (χ1v) is 9.68. The van der Waals surface area contributed by atoms with E-state index in [1.54, 1.807) is 24.3 Å². The van der Waals surface area contributed by atoms with Crippen LogP contribution in [0.3, 0.4) is 0 Å². The van der Waals surface area contributed by atoms with Crippen molar-refractivity contribution in [2.24, 2.45) is 4.99 Å². The number of nitrogens with zero attached hydrogens (tertiary/aromatic N) is 1. The van der Waals surface area contributed by atoms with Gasteiger partial charge in [0.2, 0.25) is 0 Å². The maximum absolute atomic E-state index is 11.0. The fourth-order valence-corrected chi connectivity index (χ4v) is 3.28. The number of hydrogen-bond acceptors (Lipinski definition) is 3. The maximum atomic E-state index is 11.0. The molecular formula is C26H21NO3. The Balaban J connectivity index is 1.66. The van der Waals surface area contributed by atoms with Crippen LogP contribution in [0.15, 0.2) is 89.9 Å². The molecule has 1 N–H and O–H groups in total. The van der Waals surface area contributed by atoms with Gasteiger partial charge in [-0.3, -0.25) is 4.99 Å². The molecular weight excluding hydrogens is 374 g/mol. The van der Waals surface area contributed by atoms with E-state index >= 15 is 0 Å². The second-order valence-corrected chi connectivity index (χ2v) is 7.03. The van der Waals surface area contributed by atoms with Crippen molar-refractivity contribution in [1.29, 1.82) is 0 Å². The largest absolute Gasteiger partial charge is 0.488 e.